The number of halogens is 1. The summed E-state index contributed by atoms with van der Waals surface area (Å²) in [6.07, 6.45) is -2.54. The molecule has 3 aliphatic carbocycles. The highest BCUT2D eigenvalue weighted by Crippen LogP contribution is 2.64. The highest BCUT2D eigenvalue weighted by molar-refractivity contribution is 5.97. The maximum absolute atomic E-state index is 16.0. The van der Waals surface area contributed by atoms with Gasteiger partial charge in [-0.25, -0.2) is 28.4 Å². The van der Waals surface area contributed by atoms with Crippen molar-refractivity contribution in [1.29, 1.82) is 0 Å². The second-order valence-electron chi connectivity index (χ2n) is 30.5. The number of fused-ring (bicyclic) bond motifs is 5. The van der Waals surface area contributed by atoms with Crippen LogP contribution in [0, 0.1) is 22.6 Å². The van der Waals surface area contributed by atoms with Gasteiger partial charge in [0.15, 0.2) is 17.5 Å². The number of benzene rings is 4. The standard InChI is InChI=1S/C83H102FN7O23/c1-50-61(46-83(108)73(113-77(105)56-31-20-15-21-32-56)71-81(6,62(94)45-63-82(71,49-109-63)114-52(3)93)72(99)69(110-51(2)92)67(50)80(83,4)5)111-78(106)70(68(54-27-16-13-17-28-54)87-74(100)55-29-18-14-19-30-55)112-66(98)36-26-33-58-48-91(89-88-58)44-24-12-10-8-7-9-11-22-35-64(95)90(47-53-37-39-57(84)40-38-53)43-25-23-34-59(75(101)102)85-79(107)86-60(76(103)104)41-42-65(96)97/h13-21,27-32,37-40,48,59-63,68-71,73,94,108H,7-12,22-26,33-36,41-47,49H2,1-6H3,(H,87,100)(H,96,97)(H,101,102)(H,103,104)(H2,85,86,107)/t59-,60-,61-,62-,63+,68-,69+,70+,71-,73-,81+,82-,83+/m0/s1. The lowest BCUT2D eigenvalue weighted by Gasteiger charge is -2.67. The van der Waals surface area contributed by atoms with E-state index in [-0.39, 0.29) is 92.8 Å². The van der Waals surface area contributed by atoms with Gasteiger partial charge in [-0.1, -0.05) is 136 Å². The fourth-order valence-electron chi connectivity index (χ4n) is 16.1. The van der Waals surface area contributed by atoms with Crippen molar-refractivity contribution in [3.63, 3.8) is 0 Å². The Labute approximate surface area is 659 Å². The number of carboxylic acid groups (broad SMARTS) is 3. The van der Waals surface area contributed by atoms with Crippen molar-refractivity contribution >= 4 is 71.4 Å². The smallest absolute Gasteiger partial charge is 0.350 e. The summed E-state index contributed by atoms with van der Waals surface area (Å²) in [5.41, 5.74) is -6.50. The second-order valence-corrected chi connectivity index (χ2v) is 30.5. The molecule has 0 radical (unpaired) electrons. The molecule has 4 aromatic carbocycles. The van der Waals surface area contributed by atoms with E-state index in [1.807, 2.05) is 0 Å². The number of aryl methyl sites for hydroxylation is 2. The summed E-state index contributed by atoms with van der Waals surface area (Å²) in [5.74, 6) is -12.8. The van der Waals surface area contributed by atoms with Crippen LogP contribution in [0.25, 0.3) is 0 Å². The van der Waals surface area contributed by atoms with Crippen molar-refractivity contribution in [2.75, 3.05) is 13.2 Å². The molecule has 31 heteroatoms. The molecule has 114 heavy (non-hydrogen) atoms. The second kappa shape index (κ2) is 39.3. The van der Waals surface area contributed by atoms with Crippen LogP contribution in [0.15, 0.2) is 133 Å². The minimum atomic E-state index is -2.52. The molecule has 1 aromatic heterocycles. The van der Waals surface area contributed by atoms with Crippen molar-refractivity contribution < 1.29 is 116 Å². The van der Waals surface area contributed by atoms with E-state index in [9.17, 15) is 72.8 Å². The molecule has 4 aliphatic rings. The van der Waals surface area contributed by atoms with E-state index in [4.69, 9.17) is 33.5 Å². The lowest BCUT2D eigenvalue weighted by atomic mass is 9.44. The third-order valence-corrected chi connectivity index (χ3v) is 22.3. The zero-order valence-corrected chi connectivity index (χ0v) is 64.8. The zero-order chi connectivity index (χ0) is 82.7. The molecular formula is C83H102FN7O23. The molecule has 9 rings (SSSR count). The van der Waals surface area contributed by atoms with Crippen LogP contribution < -0.4 is 16.0 Å². The average Bonchev–Trinajstić information content (AvgIpc) is 0.683. The predicted octanol–water partition coefficient (Wildman–Crippen LogP) is 8.82. The van der Waals surface area contributed by atoms with Crippen LogP contribution in [0.1, 0.15) is 201 Å². The molecule has 1 aliphatic heterocycles. The number of carbonyl (C=O) groups is 12. The van der Waals surface area contributed by atoms with E-state index in [0.717, 1.165) is 58.8 Å². The number of nitrogens with one attached hydrogen (secondary N) is 3. The maximum atomic E-state index is 16.0. The van der Waals surface area contributed by atoms with Crippen LogP contribution in [-0.2, 0) is 91.1 Å². The number of ketones is 1. The quantitative estimate of drug-likeness (QED) is 0.00785. The SMILES string of the molecule is CC(=O)O[C@H]1C(=O)[C@@]2(C)[C@H]([C@H](OC(=O)c3ccccc3)[C@]3(O)C[C@H](OC(=O)[C@H](OC(=O)CCCc4cn(CCCCCCCCCCC(=O)N(CCCC[C@H](NC(=O)N[C@@H](CCC(=O)O)C(=O)O)C(=O)O)Cc5ccc(F)cc5)nn4)[C@@H](NC(=O)c4ccccc4)c4ccccc4)C(C)=C1C3(C)C)[C@]1(OC(C)=O)CO[C@@H]1C[C@@H]2O. The Morgan fingerprint density at radius 2 is 1.30 bits per heavy atom. The molecule has 4 amide bonds. The average molecular weight is 1580 g/mol. The van der Waals surface area contributed by atoms with Gasteiger partial charge in [-0.05, 0) is 124 Å². The zero-order valence-electron chi connectivity index (χ0n) is 64.8. The first-order valence-electron chi connectivity index (χ1n) is 38.6. The van der Waals surface area contributed by atoms with E-state index in [2.05, 4.69) is 26.3 Å². The molecule has 5 aromatic rings. The van der Waals surface area contributed by atoms with Gasteiger partial charge in [-0.3, -0.25) is 38.2 Å². The van der Waals surface area contributed by atoms with Gasteiger partial charge in [0.25, 0.3) is 5.91 Å². The fraction of sp³-hybridized carbons (Fsp3) is 0.518. The van der Waals surface area contributed by atoms with Crippen LogP contribution in [-0.4, -0.2) is 190 Å². The summed E-state index contributed by atoms with van der Waals surface area (Å²) >= 11 is 0. The van der Waals surface area contributed by atoms with E-state index < -0.39 is 173 Å². The molecule has 614 valence electrons. The third kappa shape index (κ3) is 21.3. The number of carboxylic acids is 3. The Kier molecular flexibility index (Phi) is 30.1. The topological polar surface area (TPSA) is 431 Å². The van der Waals surface area contributed by atoms with Gasteiger partial charge in [-0.15, -0.1) is 5.10 Å². The number of rotatable bonds is 40. The number of aliphatic carboxylic acids is 3. The number of unbranched alkanes of at least 4 members (excludes halogenated alkanes) is 8. The molecule has 3 fully saturated rings. The summed E-state index contributed by atoms with van der Waals surface area (Å²) in [4.78, 5) is 164. The number of esters is 5. The van der Waals surface area contributed by atoms with Gasteiger partial charge in [0, 0.05) is 82.8 Å². The maximum Gasteiger partial charge on any atom is 0.350 e. The molecule has 1 saturated heterocycles. The van der Waals surface area contributed by atoms with Gasteiger partial charge >= 0.3 is 53.8 Å². The van der Waals surface area contributed by atoms with Crippen LogP contribution >= 0.6 is 0 Å². The molecule has 2 heterocycles. The number of hydrogen-bond donors (Lipinski definition) is 8. The van der Waals surface area contributed by atoms with Gasteiger partial charge in [0.05, 0.1) is 35.3 Å². The molecule has 8 N–H and O–H groups in total. The fourth-order valence-corrected chi connectivity index (χ4v) is 16.1. The lowest BCUT2D eigenvalue weighted by Crippen LogP contribution is -2.82. The summed E-state index contributed by atoms with van der Waals surface area (Å²) in [5, 5.41) is 70.5. The van der Waals surface area contributed by atoms with Gasteiger partial charge in [-0.2, -0.15) is 0 Å². The number of hydrogen-bond acceptors (Lipinski definition) is 22. The number of nitrogens with zero attached hydrogens (tertiary/aromatic N) is 4. The van der Waals surface area contributed by atoms with Crippen molar-refractivity contribution in [2.24, 2.45) is 16.7 Å². The molecular weight excluding hydrogens is 1480 g/mol. The molecule has 2 saturated carbocycles. The molecule has 0 spiro atoms. The van der Waals surface area contributed by atoms with Crippen LogP contribution in [0.4, 0.5) is 9.18 Å². The lowest BCUT2D eigenvalue weighted by molar-refractivity contribution is -0.346. The van der Waals surface area contributed by atoms with Crippen molar-refractivity contribution in [1.82, 2.24) is 35.8 Å². The largest absolute Gasteiger partial charge is 0.481 e. The van der Waals surface area contributed by atoms with Crippen molar-refractivity contribution in [3.8, 4) is 0 Å². The highest BCUT2D eigenvalue weighted by atomic mass is 19.1. The third-order valence-electron chi connectivity index (χ3n) is 22.3. The minimum absolute atomic E-state index is 0.0190. The summed E-state index contributed by atoms with van der Waals surface area (Å²) < 4.78 is 52.9. The summed E-state index contributed by atoms with van der Waals surface area (Å²) in [6, 6.07) is 24.3. The van der Waals surface area contributed by atoms with Gasteiger partial charge in [0.2, 0.25) is 12.0 Å². The van der Waals surface area contributed by atoms with Crippen molar-refractivity contribution in [3.05, 3.63) is 166 Å². The first-order valence-corrected chi connectivity index (χ1v) is 38.6. The van der Waals surface area contributed by atoms with Crippen LogP contribution in [0.2, 0.25) is 0 Å². The number of aliphatic hydroxyl groups is 2. The normalized spacial score (nSPS) is 23.0. The molecule has 2 bridgehead atoms. The summed E-state index contributed by atoms with van der Waals surface area (Å²) in [7, 11) is 0. The Bertz CT molecular complexity index is 4280. The first-order chi connectivity index (χ1) is 54.3. The van der Waals surface area contributed by atoms with Crippen LogP contribution in [0.3, 0.4) is 0 Å². The number of amides is 4. The Morgan fingerprint density at radius 3 is 1.89 bits per heavy atom. The predicted molar refractivity (Wildman–Crippen MR) is 403 cm³/mol. The van der Waals surface area contributed by atoms with Gasteiger partial charge in [0.1, 0.15) is 47.9 Å². The van der Waals surface area contributed by atoms with Crippen LogP contribution in [0.5, 0.6) is 0 Å². The number of urea groups is 1. The number of carbonyl (C=O) groups excluding carboxylic acids is 9. The number of aromatic nitrogens is 3. The molecule has 13 atom stereocenters. The summed E-state index contributed by atoms with van der Waals surface area (Å²) in [6.45, 7) is 8.78. The van der Waals surface area contributed by atoms with E-state index in [1.165, 1.54) is 38.1 Å². The van der Waals surface area contributed by atoms with Gasteiger partial charge < -0.3 is 74.8 Å². The highest BCUT2D eigenvalue weighted by Gasteiger charge is 2.78. The van der Waals surface area contributed by atoms with E-state index in [1.54, 1.807) is 121 Å². The first kappa shape index (κ1) is 87.2. The van der Waals surface area contributed by atoms with Crippen molar-refractivity contribution in [2.45, 2.75) is 243 Å². The Morgan fingerprint density at radius 1 is 0.693 bits per heavy atom. The van der Waals surface area contributed by atoms with E-state index in [0.29, 0.717) is 36.2 Å². The molecule has 0 unspecified atom stereocenters. The minimum Gasteiger partial charge on any atom is -0.481 e. The number of aliphatic hydroxyl groups excluding tert-OH is 1. The molecule has 30 nitrogen and oxygen atoms in total. The number of ether oxygens (including phenoxy) is 6. The Balaban J connectivity index is 0.823. The Hall–Kier alpha value is -10.8. The monoisotopic (exact) mass is 1580 g/mol. The number of Topliss-reactive ketones (excluding diaryl/α,β-unsaturated/α-hetero) is 1. The van der Waals surface area contributed by atoms with E-state index >= 15 is 9.59 Å².